The molecule has 0 amide bonds. The van der Waals surface area contributed by atoms with Crippen LogP contribution in [0.2, 0.25) is 0 Å². The van der Waals surface area contributed by atoms with Crippen molar-refractivity contribution in [1.82, 2.24) is 9.80 Å². The van der Waals surface area contributed by atoms with Crippen LogP contribution in [0.1, 0.15) is 291 Å². The van der Waals surface area contributed by atoms with E-state index in [0.29, 0.717) is 59.2 Å². The van der Waals surface area contributed by atoms with Crippen LogP contribution in [0.15, 0.2) is 0 Å². The van der Waals surface area contributed by atoms with E-state index in [1.54, 1.807) is 0 Å². The van der Waals surface area contributed by atoms with Crippen molar-refractivity contribution >= 4 is 23.9 Å². The predicted octanol–water partition coefficient (Wildman–Crippen LogP) is 15.8. The largest absolute Gasteiger partial charge is 0.466 e. The van der Waals surface area contributed by atoms with Crippen LogP contribution in [-0.4, -0.2) is 98.9 Å². The fraction of sp³-hybridized carbons (Fsp3) is 0.932. The van der Waals surface area contributed by atoms with Crippen LogP contribution in [0.5, 0.6) is 0 Å². The Morgan fingerprint density at radius 3 is 0.739 bits per heavy atom. The third kappa shape index (κ3) is 49.2. The number of esters is 4. The summed E-state index contributed by atoms with van der Waals surface area (Å²) < 4.78 is 22.7. The van der Waals surface area contributed by atoms with Crippen molar-refractivity contribution in [3.63, 3.8) is 0 Å². The average molecular weight is 980 g/mol. The molecule has 1 unspecified atom stereocenters. The first-order valence-corrected chi connectivity index (χ1v) is 29.9. The number of nitrogens with zero attached hydrogens (tertiary/aromatic N) is 2. The van der Waals surface area contributed by atoms with E-state index < -0.39 is 0 Å². The fourth-order valence-corrected chi connectivity index (χ4v) is 8.99. The van der Waals surface area contributed by atoms with Gasteiger partial charge in [0.15, 0.2) is 0 Å². The zero-order valence-electron chi connectivity index (χ0n) is 46.4. The van der Waals surface area contributed by atoms with Crippen molar-refractivity contribution in [2.75, 3.05) is 59.2 Å². The Labute approximate surface area is 427 Å². The smallest absolute Gasteiger partial charge is 0.307 e. The Bertz CT molecular complexity index is 1060. The first kappa shape index (κ1) is 66.8. The van der Waals surface area contributed by atoms with Gasteiger partial charge in [0.1, 0.15) is 0 Å². The van der Waals surface area contributed by atoms with Gasteiger partial charge in [0, 0.05) is 38.8 Å². The van der Waals surface area contributed by atoms with Crippen LogP contribution in [0.3, 0.4) is 0 Å². The quantitative estimate of drug-likeness (QED) is 0.0332. The normalized spacial score (nSPS) is 11.9. The van der Waals surface area contributed by atoms with Gasteiger partial charge in [-0.05, 0) is 32.6 Å². The lowest BCUT2D eigenvalue weighted by Gasteiger charge is -2.33. The molecule has 0 aliphatic rings. The van der Waals surface area contributed by atoms with Gasteiger partial charge in [-0.25, -0.2) is 0 Å². The number of rotatable bonds is 55. The Kier molecular flexibility index (Phi) is 51.9. The van der Waals surface area contributed by atoms with E-state index >= 15 is 0 Å². The molecule has 1 atom stereocenters. The third-order valence-electron chi connectivity index (χ3n) is 13.7. The summed E-state index contributed by atoms with van der Waals surface area (Å²) in [4.78, 5) is 56.2. The molecule has 0 bridgehead atoms. The lowest BCUT2D eigenvalue weighted by atomic mass is 10.1. The van der Waals surface area contributed by atoms with Gasteiger partial charge in [-0.15, -0.1) is 0 Å². The molecule has 10 nitrogen and oxygen atoms in total. The van der Waals surface area contributed by atoms with E-state index in [1.807, 2.05) is 0 Å². The monoisotopic (exact) mass is 979 g/mol. The van der Waals surface area contributed by atoms with E-state index in [0.717, 1.165) is 51.4 Å². The molecule has 0 heterocycles. The zero-order valence-corrected chi connectivity index (χ0v) is 46.4. The minimum Gasteiger partial charge on any atom is -0.466 e. The van der Waals surface area contributed by atoms with Crippen LogP contribution < -0.4 is 0 Å². The molecule has 0 saturated carbocycles. The molecule has 0 fully saturated rings. The number of carbonyl (C=O) groups excluding carboxylic acids is 4. The molecule has 0 radical (unpaired) electrons. The molecule has 69 heavy (non-hydrogen) atoms. The SMILES string of the molecule is CCCCCCCCCCCOC(=O)CCN(CCC(=O)OCCCCCCCCCCC)CC(C)N(CCC(=O)OCCCCCCCCCCC)CCC(=O)OCCCCCCCCCCC. The van der Waals surface area contributed by atoms with Crippen molar-refractivity contribution in [2.45, 2.75) is 297 Å². The summed E-state index contributed by atoms with van der Waals surface area (Å²) in [5.74, 6) is -0.884. The van der Waals surface area contributed by atoms with Crippen molar-refractivity contribution in [2.24, 2.45) is 0 Å². The Morgan fingerprint density at radius 1 is 0.304 bits per heavy atom. The Balaban J connectivity index is 5.36. The number of unbranched alkanes of at least 4 members (excludes halogenated alkanes) is 32. The number of ether oxygens (including phenoxy) is 4. The molecule has 0 saturated heterocycles. The highest BCUT2D eigenvalue weighted by Gasteiger charge is 2.22. The van der Waals surface area contributed by atoms with Crippen LogP contribution in [0, 0.1) is 0 Å². The number of carbonyl (C=O) groups is 4. The van der Waals surface area contributed by atoms with Gasteiger partial charge in [0.2, 0.25) is 0 Å². The molecular formula is C59H114N2O8. The maximum atomic E-state index is 13.0. The Hall–Kier alpha value is -2.20. The van der Waals surface area contributed by atoms with Crippen LogP contribution in [0.4, 0.5) is 0 Å². The highest BCUT2D eigenvalue weighted by molar-refractivity contribution is 5.71. The minimum atomic E-state index is -0.221. The third-order valence-corrected chi connectivity index (χ3v) is 13.7. The first-order chi connectivity index (χ1) is 33.8. The Morgan fingerprint density at radius 2 is 0.507 bits per heavy atom. The molecular weight excluding hydrogens is 865 g/mol. The second-order valence-electron chi connectivity index (χ2n) is 20.4. The fourth-order valence-electron chi connectivity index (χ4n) is 8.99. The van der Waals surface area contributed by atoms with E-state index in [1.165, 1.54) is 180 Å². The van der Waals surface area contributed by atoms with Crippen molar-refractivity contribution in [3.05, 3.63) is 0 Å². The summed E-state index contributed by atoms with van der Waals surface area (Å²) in [7, 11) is 0. The van der Waals surface area contributed by atoms with E-state index in [2.05, 4.69) is 44.4 Å². The minimum absolute atomic E-state index is 0.0729. The highest BCUT2D eigenvalue weighted by Crippen LogP contribution is 2.15. The van der Waals surface area contributed by atoms with Crippen LogP contribution in [-0.2, 0) is 38.1 Å². The molecule has 0 aromatic carbocycles. The lowest BCUT2D eigenvalue weighted by molar-refractivity contribution is -0.146. The number of hydrogen-bond acceptors (Lipinski definition) is 10. The highest BCUT2D eigenvalue weighted by atomic mass is 16.5. The van der Waals surface area contributed by atoms with Crippen molar-refractivity contribution in [3.8, 4) is 0 Å². The molecule has 0 aromatic heterocycles. The summed E-state index contributed by atoms with van der Waals surface area (Å²) in [6.07, 6.45) is 44.4. The lowest BCUT2D eigenvalue weighted by Crippen LogP contribution is -2.45. The van der Waals surface area contributed by atoms with E-state index in [9.17, 15) is 19.2 Å². The van der Waals surface area contributed by atoms with Gasteiger partial charge in [-0.1, -0.05) is 233 Å². The molecule has 0 aliphatic heterocycles. The maximum absolute atomic E-state index is 13.0. The predicted molar refractivity (Wildman–Crippen MR) is 289 cm³/mol. The summed E-state index contributed by atoms with van der Waals surface area (Å²) >= 11 is 0. The van der Waals surface area contributed by atoms with Crippen molar-refractivity contribution in [1.29, 1.82) is 0 Å². The standard InChI is InChI=1S/C59H114N2O8/c1-6-10-14-18-22-26-30-34-38-50-66-56(62)42-46-60(47-43-57(63)67-51-39-35-31-27-23-19-15-11-7-2)54-55(5)61(48-44-58(64)68-52-40-36-32-28-24-20-16-12-8-3)49-45-59(65)69-53-41-37-33-29-25-21-17-13-9-4/h55H,6-54H2,1-5H3. The van der Waals surface area contributed by atoms with E-state index in [4.69, 9.17) is 18.9 Å². The van der Waals surface area contributed by atoms with Gasteiger partial charge in [-0.2, -0.15) is 0 Å². The summed E-state index contributed by atoms with van der Waals surface area (Å²) in [5.41, 5.74) is 0. The van der Waals surface area contributed by atoms with Gasteiger partial charge < -0.3 is 23.8 Å². The van der Waals surface area contributed by atoms with Gasteiger partial charge in [-0.3, -0.25) is 24.1 Å². The topological polar surface area (TPSA) is 112 Å². The molecule has 408 valence electrons. The average Bonchev–Trinajstić information content (AvgIpc) is 3.34. The summed E-state index contributed by atoms with van der Waals surface area (Å²) in [6, 6.07) is -0.0729. The van der Waals surface area contributed by atoms with Crippen LogP contribution in [0.25, 0.3) is 0 Å². The second kappa shape index (κ2) is 53.6. The molecule has 0 rings (SSSR count). The first-order valence-electron chi connectivity index (χ1n) is 29.9. The van der Waals surface area contributed by atoms with E-state index in [-0.39, 0.29) is 55.6 Å². The van der Waals surface area contributed by atoms with Gasteiger partial charge in [0.05, 0.1) is 52.1 Å². The van der Waals surface area contributed by atoms with Crippen LogP contribution >= 0.6 is 0 Å². The molecule has 0 N–H and O–H groups in total. The summed E-state index contributed by atoms with van der Waals surface area (Å²) in [5, 5.41) is 0. The number of hydrogen-bond donors (Lipinski definition) is 0. The summed E-state index contributed by atoms with van der Waals surface area (Å²) in [6.45, 7) is 15.2. The zero-order chi connectivity index (χ0) is 50.5. The van der Waals surface area contributed by atoms with Gasteiger partial charge in [0.25, 0.3) is 0 Å². The van der Waals surface area contributed by atoms with Gasteiger partial charge >= 0.3 is 23.9 Å². The molecule has 0 aliphatic carbocycles. The molecule has 0 aromatic rings. The maximum Gasteiger partial charge on any atom is 0.307 e. The van der Waals surface area contributed by atoms with Crippen molar-refractivity contribution < 1.29 is 38.1 Å². The molecule has 0 spiro atoms. The second-order valence-corrected chi connectivity index (χ2v) is 20.4. The molecule has 10 heteroatoms.